The molecular weight excluding hydrogens is 445 g/mol. The van der Waals surface area contributed by atoms with Gasteiger partial charge in [-0.3, -0.25) is 0 Å². The molecule has 2 unspecified atom stereocenters. The summed E-state index contributed by atoms with van der Waals surface area (Å²) in [5.41, 5.74) is 2.75. The summed E-state index contributed by atoms with van der Waals surface area (Å²) in [6, 6.07) is 4.79. The van der Waals surface area contributed by atoms with E-state index in [1.807, 2.05) is 0 Å². The monoisotopic (exact) mass is 476 g/mol. The second kappa shape index (κ2) is 8.83. The average Bonchev–Trinajstić information content (AvgIpc) is 3.27. The number of alkyl halides is 3. The van der Waals surface area contributed by atoms with E-state index < -0.39 is 18.3 Å². The summed E-state index contributed by atoms with van der Waals surface area (Å²) in [5.74, 6) is 1.42. The van der Waals surface area contributed by atoms with Crippen molar-refractivity contribution in [3.8, 4) is 11.5 Å². The fraction of sp³-hybridized carbons (Fsp3) is 0.560. The molecule has 9 heteroatoms. The van der Waals surface area contributed by atoms with Crippen molar-refractivity contribution in [2.75, 3.05) is 32.6 Å². The number of nitrogens with zero attached hydrogens (tertiary/aromatic N) is 2. The van der Waals surface area contributed by atoms with Crippen LogP contribution in [0, 0.1) is 5.41 Å². The van der Waals surface area contributed by atoms with Crippen LogP contribution in [0.2, 0.25) is 0 Å². The van der Waals surface area contributed by atoms with Gasteiger partial charge in [0.2, 0.25) is 0 Å². The molecule has 2 atom stereocenters. The lowest BCUT2D eigenvalue weighted by atomic mass is 9.69. The first-order valence-electron chi connectivity index (χ1n) is 11.9. The number of methoxy groups -OCH3 is 2. The molecular formula is C25H31F3N4O2. The van der Waals surface area contributed by atoms with Gasteiger partial charge in [0.15, 0.2) is 17.5 Å². The number of allylic oxidation sites excluding steroid dienone is 2. The zero-order chi connectivity index (χ0) is 23.9. The molecule has 184 valence electrons. The van der Waals surface area contributed by atoms with E-state index in [1.54, 1.807) is 24.3 Å². The predicted molar refractivity (Wildman–Crippen MR) is 124 cm³/mol. The van der Waals surface area contributed by atoms with Gasteiger partial charge in [0.25, 0.3) is 0 Å². The number of hydrogen-bond donors (Lipinski definition) is 2. The van der Waals surface area contributed by atoms with Gasteiger partial charge in [-0.2, -0.15) is 18.3 Å². The quantitative estimate of drug-likeness (QED) is 0.611. The topological polar surface area (TPSA) is 60.3 Å². The van der Waals surface area contributed by atoms with Crippen molar-refractivity contribution >= 4 is 11.4 Å². The Labute approximate surface area is 197 Å². The van der Waals surface area contributed by atoms with E-state index in [4.69, 9.17) is 9.47 Å². The number of anilines is 1. The van der Waals surface area contributed by atoms with Gasteiger partial charge < -0.3 is 20.1 Å². The zero-order valence-corrected chi connectivity index (χ0v) is 19.5. The molecule has 34 heavy (non-hydrogen) atoms. The molecule has 0 radical (unpaired) electrons. The lowest BCUT2D eigenvalue weighted by Gasteiger charge is -2.39. The first-order chi connectivity index (χ1) is 16.3. The van der Waals surface area contributed by atoms with Crippen molar-refractivity contribution in [3.63, 3.8) is 0 Å². The second-order valence-corrected chi connectivity index (χ2v) is 9.65. The molecule has 1 spiro atoms. The van der Waals surface area contributed by atoms with Crippen LogP contribution < -0.4 is 20.1 Å². The van der Waals surface area contributed by atoms with Crippen LogP contribution in [0.5, 0.6) is 11.5 Å². The van der Waals surface area contributed by atoms with Gasteiger partial charge in [0.1, 0.15) is 5.82 Å². The van der Waals surface area contributed by atoms with Crippen LogP contribution in [0.25, 0.3) is 5.57 Å². The van der Waals surface area contributed by atoms with Gasteiger partial charge in [-0.05, 0) is 73.9 Å². The number of benzene rings is 1. The van der Waals surface area contributed by atoms with Gasteiger partial charge >= 0.3 is 6.18 Å². The number of fused-ring (bicyclic) bond motifs is 1. The third kappa shape index (κ3) is 4.26. The molecule has 1 fully saturated rings. The fourth-order valence-electron chi connectivity index (χ4n) is 5.61. The van der Waals surface area contributed by atoms with Gasteiger partial charge in [0.05, 0.1) is 26.0 Å². The molecule has 2 aliphatic heterocycles. The highest BCUT2D eigenvalue weighted by atomic mass is 19.4. The minimum Gasteiger partial charge on any atom is -0.493 e. The van der Waals surface area contributed by atoms with Crippen molar-refractivity contribution in [2.45, 2.75) is 56.8 Å². The predicted octanol–water partition coefficient (Wildman–Crippen LogP) is 5.50. The maximum atomic E-state index is 14.1. The minimum absolute atomic E-state index is 0.151. The van der Waals surface area contributed by atoms with Crippen LogP contribution in [0.4, 0.5) is 19.0 Å². The first kappa shape index (κ1) is 23.1. The molecule has 2 N–H and O–H groups in total. The minimum atomic E-state index is -4.41. The maximum Gasteiger partial charge on any atom is 0.410 e. The van der Waals surface area contributed by atoms with Crippen molar-refractivity contribution in [1.82, 2.24) is 15.1 Å². The van der Waals surface area contributed by atoms with Crippen LogP contribution >= 0.6 is 0 Å². The van der Waals surface area contributed by atoms with Crippen molar-refractivity contribution < 1.29 is 22.6 Å². The standard InChI is InChI=1S/C25H31F3N4O2/c1-33-20-4-3-17(13-21(20)34-2)18-14-22(25(26,27)28)32-23(30-18)15-19(31-32)16-5-7-24(8-6-16)9-11-29-12-10-24/h3-5,13,15,18,22,29-30H,6-12,14H2,1-2H3. The van der Waals surface area contributed by atoms with E-state index in [2.05, 4.69) is 21.8 Å². The van der Waals surface area contributed by atoms with Gasteiger partial charge in [0, 0.05) is 12.5 Å². The van der Waals surface area contributed by atoms with Crippen molar-refractivity contribution in [1.29, 1.82) is 0 Å². The number of nitrogens with one attached hydrogen (secondary N) is 2. The number of piperidine rings is 1. The highest BCUT2D eigenvalue weighted by molar-refractivity contribution is 5.66. The highest BCUT2D eigenvalue weighted by Gasteiger charge is 2.47. The second-order valence-electron chi connectivity index (χ2n) is 9.65. The number of halogens is 3. The smallest absolute Gasteiger partial charge is 0.410 e. The molecule has 1 saturated heterocycles. The van der Waals surface area contributed by atoms with Gasteiger partial charge in [-0.1, -0.05) is 12.1 Å². The average molecular weight is 477 g/mol. The van der Waals surface area contributed by atoms with E-state index in [1.165, 1.54) is 14.2 Å². The molecule has 5 rings (SSSR count). The Bertz CT molecular complexity index is 1070. The van der Waals surface area contributed by atoms with E-state index in [0.29, 0.717) is 34.0 Å². The molecule has 3 heterocycles. The van der Waals surface area contributed by atoms with Crippen LogP contribution in [0.15, 0.2) is 30.3 Å². The van der Waals surface area contributed by atoms with E-state index in [9.17, 15) is 13.2 Å². The van der Waals surface area contributed by atoms with Crippen molar-refractivity contribution in [2.24, 2.45) is 5.41 Å². The Morgan fingerprint density at radius 3 is 2.47 bits per heavy atom. The lowest BCUT2D eigenvalue weighted by molar-refractivity contribution is -0.173. The summed E-state index contributed by atoms with van der Waals surface area (Å²) in [6.07, 6.45) is 2.84. The zero-order valence-electron chi connectivity index (χ0n) is 19.5. The molecule has 0 saturated carbocycles. The Balaban J connectivity index is 1.44. The summed E-state index contributed by atoms with van der Waals surface area (Å²) in [7, 11) is 3.05. The molecule has 1 aliphatic carbocycles. The normalized spacial score (nSPS) is 24.2. The van der Waals surface area contributed by atoms with Crippen LogP contribution in [-0.2, 0) is 0 Å². The Morgan fingerprint density at radius 1 is 1.06 bits per heavy atom. The van der Waals surface area contributed by atoms with Crippen LogP contribution in [-0.4, -0.2) is 43.3 Å². The van der Waals surface area contributed by atoms with Crippen LogP contribution in [0.1, 0.15) is 61.9 Å². The maximum absolute atomic E-state index is 14.1. The fourth-order valence-corrected chi connectivity index (χ4v) is 5.61. The molecule has 3 aliphatic rings. The molecule has 1 aromatic carbocycles. The first-order valence-corrected chi connectivity index (χ1v) is 11.9. The lowest BCUT2D eigenvalue weighted by Crippen LogP contribution is -2.37. The Morgan fingerprint density at radius 2 is 1.82 bits per heavy atom. The van der Waals surface area contributed by atoms with Gasteiger partial charge in [-0.15, -0.1) is 0 Å². The molecule has 0 amide bonds. The van der Waals surface area contributed by atoms with E-state index in [-0.39, 0.29) is 6.42 Å². The SMILES string of the molecule is COc1ccc(C2CC(C(F)(F)F)n3nc(C4=CCC5(CCNCC5)CC4)cc3N2)cc1OC. The summed E-state index contributed by atoms with van der Waals surface area (Å²) in [5, 5.41) is 11.2. The van der Waals surface area contributed by atoms with Gasteiger partial charge in [-0.25, -0.2) is 4.68 Å². The number of ether oxygens (including phenoxy) is 2. The Hall–Kier alpha value is -2.68. The Kier molecular flexibility index (Phi) is 6.00. The number of aromatic nitrogens is 2. The third-order valence-corrected chi connectivity index (χ3v) is 7.70. The van der Waals surface area contributed by atoms with Crippen LogP contribution in [0.3, 0.4) is 0 Å². The number of rotatable bonds is 4. The highest BCUT2D eigenvalue weighted by Crippen LogP contribution is 2.47. The summed E-state index contributed by atoms with van der Waals surface area (Å²) in [4.78, 5) is 0. The van der Waals surface area contributed by atoms with E-state index in [0.717, 1.165) is 55.4 Å². The molecule has 0 bridgehead atoms. The third-order valence-electron chi connectivity index (χ3n) is 7.70. The molecule has 6 nitrogen and oxygen atoms in total. The van der Waals surface area contributed by atoms with Crippen molar-refractivity contribution in [3.05, 3.63) is 41.6 Å². The summed E-state index contributed by atoms with van der Waals surface area (Å²) in [6.45, 7) is 2.08. The summed E-state index contributed by atoms with van der Waals surface area (Å²) >= 11 is 0. The largest absolute Gasteiger partial charge is 0.493 e. The number of hydrogen-bond acceptors (Lipinski definition) is 5. The summed E-state index contributed by atoms with van der Waals surface area (Å²) < 4.78 is 54.1. The van der Waals surface area contributed by atoms with E-state index >= 15 is 0 Å². The molecule has 2 aromatic rings. The molecule has 1 aromatic heterocycles.